The summed E-state index contributed by atoms with van der Waals surface area (Å²) in [6.45, 7) is 4.32. The number of hydrogen-bond donors (Lipinski definition) is 0. The van der Waals surface area contributed by atoms with E-state index in [1.807, 2.05) is 18.2 Å². The summed E-state index contributed by atoms with van der Waals surface area (Å²) in [6, 6.07) is 8.05. The molecule has 0 radical (unpaired) electrons. The summed E-state index contributed by atoms with van der Waals surface area (Å²) in [5.74, 6) is 0.304. The van der Waals surface area contributed by atoms with E-state index in [4.69, 9.17) is 0 Å². The molecule has 2 nitrogen and oxygen atoms in total. The minimum absolute atomic E-state index is 0.304. The van der Waals surface area contributed by atoms with E-state index >= 15 is 0 Å². The van der Waals surface area contributed by atoms with E-state index < -0.39 is 0 Å². The second-order valence-electron chi connectivity index (χ2n) is 4.74. The van der Waals surface area contributed by atoms with Gasteiger partial charge in [-0.2, -0.15) is 0 Å². The fourth-order valence-corrected chi connectivity index (χ4v) is 2.46. The van der Waals surface area contributed by atoms with Gasteiger partial charge >= 0.3 is 0 Å². The lowest BCUT2D eigenvalue weighted by Crippen LogP contribution is -2.25. The molecular weight excluding hydrogens is 210 g/mol. The predicted molar refractivity (Wildman–Crippen MR) is 71.7 cm³/mol. The van der Waals surface area contributed by atoms with Gasteiger partial charge in [-0.1, -0.05) is 31.9 Å². The van der Waals surface area contributed by atoms with Gasteiger partial charge in [0.1, 0.15) is 0 Å². The molecule has 2 heteroatoms. The first-order valence-electron chi connectivity index (χ1n) is 6.70. The zero-order valence-corrected chi connectivity index (χ0v) is 10.6. The molecular formula is C15H21NO. The molecule has 0 saturated heterocycles. The second kappa shape index (κ2) is 5.85. The SMILES string of the molecule is CCCCCN1CCCC(=O)c2ccccc21. The first kappa shape index (κ1) is 12.2. The van der Waals surface area contributed by atoms with Crippen molar-refractivity contribution in [2.75, 3.05) is 18.0 Å². The fourth-order valence-electron chi connectivity index (χ4n) is 2.46. The van der Waals surface area contributed by atoms with Crippen LogP contribution in [-0.4, -0.2) is 18.9 Å². The Bertz CT molecular complexity index is 386. The minimum atomic E-state index is 0.304. The minimum Gasteiger partial charge on any atom is -0.371 e. The van der Waals surface area contributed by atoms with Crippen LogP contribution in [-0.2, 0) is 0 Å². The number of para-hydroxylation sites is 1. The molecule has 1 heterocycles. The summed E-state index contributed by atoms with van der Waals surface area (Å²) in [4.78, 5) is 14.3. The van der Waals surface area contributed by atoms with Crippen molar-refractivity contribution in [2.24, 2.45) is 0 Å². The maximum atomic E-state index is 12.0. The summed E-state index contributed by atoms with van der Waals surface area (Å²) in [7, 11) is 0. The highest BCUT2D eigenvalue weighted by Crippen LogP contribution is 2.26. The van der Waals surface area contributed by atoms with E-state index in [9.17, 15) is 4.79 Å². The molecule has 0 spiro atoms. The molecule has 0 fully saturated rings. The zero-order chi connectivity index (χ0) is 12.1. The van der Waals surface area contributed by atoms with Gasteiger partial charge in [0.2, 0.25) is 0 Å². The first-order chi connectivity index (χ1) is 8.33. The Morgan fingerprint density at radius 2 is 2.06 bits per heavy atom. The summed E-state index contributed by atoms with van der Waals surface area (Å²) >= 11 is 0. The Labute approximate surface area is 104 Å². The highest BCUT2D eigenvalue weighted by atomic mass is 16.1. The van der Waals surface area contributed by atoms with Crippen molar-refractivity contribution in [2.45, 2.75) is 39.0 Å². The van der Waals surface area contributed by atoms with Crippen LogP contribution in [0, 0.1) is 0 Å². The van der Waals surface area contributed by atoms with Crippen LogP contribution in [0.4, 0.5) is 5.69 Å². The van der Waals surface area contributed by atoms with Gasteiger partial charge in [-0.25, -0.2) is 0 Å². The molecule has 92 valence electrons. The predicted octanol–water partition coefficient (Wildman–Crippen LogP) is 3.66. The lowest BCUT2D eigenvalue weighted by molar-refractivity contribution is 0.0984. The molecule has 17 heavy (non-hydrogen) atoms. The number of unbranched alkanes of at least 4 members (excludes halogenated alkanes) is 2. The fraction of sp³-hybridized carbons (Fsp3) is 0.533. The number of benzene rings is 1. The third-order valence-corrected chi connectivity index (χ3v) is 3.41. The van der Waals surface area contributed by atoms with Gasteiger partial charge in [0.15, 0.2) is 5.78 Å². The topological polar surface area (TPSA) is 20.3 Å². The number of Topliss-reactive ketones (excluding diaryl/α,β-unsaturated/α-hetero) is 1. The molecule has 1 aromatic rings. The largest absolute Gasteiger partial charge is 0.371 e. The monoisotopic (exact) mass is 231 g/mol. The molecule has 1 aliphatic rings. The Morgan fingerprint density at radius 3 is 2.88 bits per heavy atom. The number of fused-ring (bicyclic) bond motifs is 1. The van der Waals surface area contributed by atoms with E-state index in [2.05, 4.69) is 17.9 Å². The van der Waals surface area contributed by atoms with Gasteiger partial charge in [0.05, 0.1) is 0 Å². The normalized spacial score (nSPS) is 15.6. The third kappa shape index (κ3) is 2.87. The molecule has 0 N–H and O–H groups in total. The van der Waals surface area contributed by atoms with Crippen molar-refractivity contribution >= 4 is 11.5 Å². The summed E-state index contributed by atoms with van der Waals surface area (Å²) < 4.78 is 0. The summed E-state index contributed by atoms with van der Waals surface area (Å²) in [6.07, 6.45) is 5.42. The molecule has 0 unspecified atom stereocenters. The van der Waals surface area contributed by atoms with Gasteiger partial charge in [0, 0.05) is 30.8 Å². The van der Waals surface area contributed by atoms with Crippen LogP contribution in [0.5, 0.6) is 0 Å². The molecule has 0 saturated carbocycles. The van der Waals surface area contributed by atoms with Crippen LogP contribution in [0.15, 0.2) is 24.3 Å². The standard InChI is InChI=1S/C15H21NO/c1-2-3-6-11-16-12-7-10-15(17)13-8-4-5-9-14(13)16/h4-5,8-9H,2-3,6-7,10-12H2,1H3. The van der Waals surface area contributed by atoms with Crippen molar-refractivity contribution in [3.8, 4) is 0 Å². The number of hydrogen-bond acceptors (Lipinski definition) is 2. The Kier molecular flexibility index (Phi) is 4.18. The van der Waals surface area contributed by atoms with E-state index in [1.165, 1.54) is 19.3 Å². The number of carbonyl (C=O) groups excluding carboxylic acids is 1. The van der Waals surface area contributed by atoms with Crippen molar-refractivity contribution in [3.63, 3.8) is 0 Å². The average molecular weight is 231 g/mol. The van der Waals surface area contributed by atoms with Crippen LogP contribution in [0.3, 0.4) is 0 Å². The quantitative estimate of drug-likeness (QED) is 0.737. The highest BCUT2D eigenvalue weighted by Gasteiger charge is 2.19. The molecule has 0 aromatic heterocycles. The van der Waals surface area contributed by atoms with Crippen molar-refractivity contribution in [3.05, 3.63) is 29.8 Å². The molecule has 0 aliphatic carbocycles. The van der Waals surface area contributed by atoms with Crippen LogP contribution in [0.2, 0.25) is 0 Å². The Balaban J connectivity index is 2.17. The van der Waals surface area contributed by atoms with Crippen molar-refractivity contribution in [1.82, 2.24) is 0 Å². The Morgan fingerprint density at radius 1 is 1.24 bits per heavy atom. The lowest BCUT2D eigenvalue weighted by atomic mass is 10.1. The van der Waals surface area contributed by atoms with Crippen LogP contribution in [0.1, 0.15) is 49.4 Å². The van der Waals surface area contributed by atoms with Gasteiger partial charge < -0.3 is 4.90 Å². The van der Waals surface area contributed by atoms with E-state index in [0.717, 1.165) is 30.8 Å². The zero-order valence-electron chi connectivity index (χ0n) is 10.6. The number of nitrogens with zero attached hydrogens (tertiary/aromatic N) is 1. The van der Waals surface area contributed by atoms with Crippen LogP contribution < -0.4 is 4.90 Å². The lowest BCUT2D eigenvalue weighted by Gasteiger charge is -2.24. The van der Waals surface area contributed by atoms with Crippen molar-refractivity contribution < 1.29 is 4.79 Å². The molecule has 2 rings (SSSR count). The maximum absolute atomic E-state index is 12.0. The van der Waals surface area contributed by atoms with Gasteiger partial charge in [-0.3, -0.25) is 4.79 Å². The van der Waals surface area contributed by atoms with Crippen LogP contribution in [0.25, 0.3) is 0 Å². The molecule has 1 aromatic carbocycles. The van der Waals surface area contributed by atoms with Crippen LogP contribution >= 0.6 is 0 Å². The van der Waals surface area contributed by atoms with E-state index in [0.29, 0.717) is 12.2 Å². The number of carbonyl (C=O) groups is 1. The average Bonchev–Trinajstić information content (AvgIpc) is 2.51. The maximum Gasteiger partial charge on any atom is 0.165 e. The van der Waals surface area contributed by atoms with Crippen molar-refractivity contribution in [1.29, 1.82) is 0 Å². The molecule has 0 amide bonds. The number of rotatable bonds is 4. The first-order valence-corrected chi connectivity index (χ1v) is 6.70. The van der Waals surface area contributed by atoms with Gasteiger partial charge in [0.25, 0.3) is 0 Å². The Hall–Kier alpha value is -1.31. The number of ketones is 1. The van der Waals surface area contributed by atoms with E-state index in [-0.39, 0.29) is 0 Å². The van der Waals surface area contributed by atoms with E-state index in [1.54, 1.807) is 0 Å². The summed E-state index contributed by atoms with van der Waals surface area (Å²) in [5, 5.41) is 0. The number of anilines is 1. The second-order valence-corrected chi connectivity index (χ2v) is 4.74. The summed E-state index contributed by atoms with van der Waals surface area (Å²) in [5.41, 5.74) is 2.06. The van der Waals surface area contributed by atoms with Gasteiger partial charge in [-0.05, 0) is 25.0 Å². The highest BCUT2D eigenvalue weighted by molar-refractivity contribution is 6.01. The van der Waals surface area contributed by atoms with Gasteiger partial charge in [-0.15, -0.1) is 0 Å². The molecule has 0 bridgehead atoms. The smallest absolute Gasteiger partial charge is 0.165 e. The third-order valence-electron chi connectivity index (χ3n) is 3.41. The molecule has 0 atom stereocenters. The molecule has 1 aliphatic heterocycles.